The Morgan fingerprint density at radius 2 is 1.90 bits per heavy atom. The van der Waals surface area contributed by atoms with Crippen molar-refractivity contribution in [2.45, 2.75) is 13.8 Å². The molecule has 0 aliphatic rings. The van der Waals surface area contributed by atoms with Crippen LogP contribution in [0.5, 0.6) is 0 Å². The van der Waals surface area contributed by atoms with Crippen LogP contribution in [0.2, 0.25) is 10.0 Å². The summed E-state index contributed by atoms with van der Waals surface area (Å²) in [6, 6.07) is 5.01. The fourth-order valence-electron chi connectivity index (χ4n) is 1.75. The molecule has 0 saturated carbocycles. The van der Waals surface area contributed by atoms with Crippen molar-refractivity contribution < 1.29 is 14.1 Å². The van der Waals surface area contributed by atoms with Crippen molar-refractivity contribution in [1.29, 1.82) is 0 Å². The summed E-state index contributed by atoms with van der Waals surface area (Å²) in [6.07, 6.45) is 0. The van der Waals surface area contributed by atoms with Gasteiger partial charge in [-0.1, -0.05) is 46.2 Å². The third-order valence-corrected chi connectivity index (χ3v) is 4.32. The zero-order valence-electron chi connectivity index (χ0n) is 11.3. The van der Waals surface area contributed by atoms with Crippen LogP contribution in [-0.2, 0) is 4.79 Å². The first-order valence-electron chi connectivity index (χ1n) is 5.99. The van der Waals surface area contributed by atoms with E-state index in [1.165, 1.54) is 6.92 Å². The molecule has 0 saturated heterocycles. The van der Waals surface area contributed by atoms with E-state index in [9.17, 15) is 9.59 Å². The number of benzene rings is 1. The number of aryl methyl sites for hydroxylation is 1. The van der Waals surface area contributed by atoms with Gasteiger partial charge in [0.05, 0.1) is 21.4 Å². The van der Waals surface area contributed by atoms with Gasteiger partial charge >= 0.3 is 0 Å². The number of rotatable bonds is 4. The summed E-state index contributed by atoms with van der Waals surface area (Å²) in [4.78, 5) is 23.3. The van der Waals surface area contributed by atoms with Crippen LogP contribution in [0.3, 0.4) is 0 Å². The Morgan fingerprint density at radius 3 is 2.48 bits per heavy atom. The third-order valence-electron chi connectivity index (χ3n) is 2.67. The number of thioether (sulfide) groups is 1. The molecule has 2 aromatic rings. The van der Waals surface area contributed by atoms with E-state index in [0.29, 0.717) is 27.1 Å². The lowest BCUT2D eigenvalue weighted by molar-refractivity contribution is -0.114. The van der Waals surface area contributed by atoms with Crippen molar-refractivity contribution in [2.75, 3.05) is 5.75 Å². The van der Waals surface area contributed by atoms with Crippen molar-refractivity contribution in [3.8, 4) is 11.3 Å². The normalized spacial score (nSPS) is 10.7. The highest BCUT2D eigenvalue weighted by Crippen LogP contribution is 2.37. The highest BCUT2D eigenvalue weighted by atomic mass is 35.5. The van der Waals surface area contributed by atoms with Crippen LogP contribution in [0, 0.1) is 6.92 Å². The maximum absolute atomic E-state index is 12.3. The van der Waals surface area contributed by atoms with Crippen LogP contribution in [0.1, 0.15) is 23.0 Å². The van der Waals surface area contributed by atoms with Gasteiger partial charge in [-0.2, -0.15) is 0 Å². The van der Waals surface area contributed by atoms with Crippen molar-refractivity contribution in [2.24, 2.45) is 0 Å². The number of hydrogen-bond acceptors (Lipinski definition) is 5. The van der Waals surface area contributed by atoms with E-state index in [4.69, 9.17) is 27.7 Å². The highest BCUT2D eigenvalue weighted by Gasteiger charge is 2.25. The van der Waals surface area contributed by atoms with Crippen LogP contribution in [-0.4, -0.2) is 21.8 Å². The standard InChI is InChI=1S/C14H11Cl2NO3S/c1-7(18)6-21-14(19)11-8(2)20-17-13(11)12-9(15)4-3-5-10(12)16/h3-5H,6H2,1-2H3. The molecule has 1 heterocycles. The molecule has 0 spiro atoms. The molecule has 2 rings (SSSR count). The second kappa shape index (κ2) is 6.64. The van der Waals surface area contributed by atoms with Crippen LogP contribution in [0.4, 0.5) is 0 Å². The van der Waals surface area contributed by atoms with Crippen molar-refractivity contribution in [3.05, 3.63) is 39.6 Å². The quantitative estimate of drug-likeness (QED) is 0.822. The summed E-state index contributed by atoms with van der Waals surface area (Å²) >= 11 is 13.2. The molecule has 0 unspecified atom stereocenters. The topological polar surface area (TPSA) is 60.2 Å². The molecule has 110 valence electrons. The van der Waals surface area contributed by atoms with Crippen LogP contribution in [0.15, 0.2) is 22.7 Å². The predicted molar refractivity (Wildman–Crippen MR) is 84.2 cm³/mol. The summed E-state index contributed by atoms with van der Waals surface area (Å²) in [5.41, 5.74) is 1.03. The number of carbonyl (C=O) groups is 2. The van der Waals surface area contributed by atoms with E-state index in [1.807, 2.05) is 0 Å². The van der Waals surface area contributed by atoms with Crippen molar-refractivity contribution in [1.82, 2.24) is 5.16 Å². The summed E-state index contributed by atoms with van der Waals surface area (Å²) in [7, 11) is 0. The largest absolute Gasteiger partial charge is 0.360 e. The summed E-state index contributed by atoms with van der Waals surface area (Å²) in [5, 5.41) is 4.35. The molecule has 0 radical (unpaired) electrons. The summed E-state index contributed by atoms with van der Waals surface area (Å²) in [6.45, 7) is 3.05. The van der Waals surface area contributed by atoms with Gasteiger partial charge in [0.25, 0.3) is 0 Å². The molecule has 7 heteroatoms. The third kappa shape index (κ3) is 3.48. The smallest absolute Gasteiger partial charge is 0.225 e. The first kappa shape index (κ1) is 16.1. The second-order valence-electron chi connectivity index (χ2n) is 4.34. The van der Waals surface area contributed by atoms with Gasteiger partial charge in [-0.25, -0.2) is 0 Å². The molecule has 0 aliphatic carbocycles. The Hall–Kier alpha value is -1.30. The first-order valence-corrected chi connectivity index (χ1v) is 7.73. The highest BCUT2D eigenvalue weighted by molar-refractivity contribution is 8.14. The fourth-order valence-corrected chi connectivity index (χ4v) is 3.04. The molecular weight excluding hydrogens is 333 g/mol. The molecule has 0 aliphatic heterocycles. The number of carbonyl (C=O) groups excluding carboxylic acids is 2. The molecule has 1 aromatic heterocycles. The lowest BCUT2D eigenvalue weighted by Crippen LogP contribution is -2.02. The van der Waals surface area contributed by atoms with Crippen LogP contribution < -0.4 is 0 Å². The predicted octanol–water partition coefficient (Wildman–Crippen LogP) is 4.42. The van der Waals surface area contributed by atoms with E-state index < -0.39 is 0 Å². The number of aromatic nitrogens is 1. The number of nitrogens with zero attached hydrogens (tertiary/aromatic N) is 1. The molecule has 0 fully saturated rings. The Morgan fingerprint density at radius 1 is 1.29 bits per heavy atom. The molecule has 0 atom stereocenters. The van der Waals surface area contributed by atoms with Gasteiger partial charge in [0.2, 0.25) is 5.12 Å². The summed E-state index contributed by atoms with van der Waals surface area (Å²) < 4.78 is 5.10. The lowest BCUT2D eigenvalue weighted by atomic mass is 10.1. The van der Waals surface area contributed by atoms with E-state index >= 15 is 0 Å². The monoisotopic (exact) mass is 343 g/mol. The van der Waals surface area contributed by atoms with Gasteiger partial charge in [0.1, 0.15) is 17.2 Å². The molecule has 0 amide bonds. The number of hydrogen-bond donors (Lipinski definition) is 0. The first-order chi connectivity index (χ1) is 9.91. The van der Waals surface area contributed by atoms with Gasteiger partial charge in [-0.3, -0.25) is 9.59 Å². The maximum atomic E-state index is 12.3. The SMILES string of the molecule is CC(=O)CSC(=O)c1c(-c2c(Cl)cccc2Cl)noc1C. The molecule has 21 heavy (non-hydrogen) atoms. The molecule has 0 N–H and O–H groups in total. The Labute approximate surface area is 135 Å². The zero-order chi connectivity index (χ0) is 15.6. The summed E-state index contributed by atoms with van der Waals surface area (Å²) in [5.74, 6) is 0.376. The Kier molecular flexibility index (Phi) is 5.08. The molecule has 4 nitrogen and oxygen atoms in total. The number of ketones is 1. The van der Waals surface area contributed by atoms with Gasteiger partial charge in [0.15, 0.2) is 0 Å². The minimum absolute atomic E-state index is 0.0835. The molecular formula is C14H11Cl2NO3S. The van der Waals surface area contributed by atoms with Gasteiger partial charge in [0, 0.05) is 5.56 Å². The van der Waals surface area contributed by atoms with Gasteiger partial charge in [-0.15, -0.1) is 0 Å². The van der Waals surface area contributed by atoms with Crippen LogP contribution in [0.25, 0.3) is 11.3 Å². The minimum Gasteiger partial charge on any atom is -0.360 e. The fraction of sp³-hybridized carbons (Fsp3) is 0.214. The Balaban J connectivity index is 2.48. The van der Waals surface area contributed by atoms with Crippen molar-refractivity contribution in [3.63, 3.8) is 0 Å². The average molecular weight is 344 g/mol. The van der Waals surface area contributed by atoms with Gasteiger partial charge in [-0.05, 0) is 26.0 Å². The van der Waals surface area contributed by atoms with Gasteiger partial charge < -0.3 is 4.52 Å². The van der Waals surface area contributed by atoms with Crippen LogP contribution >= 0.6 is 35.0 Å². The van der Waals surface area contributed by atoms with E-state index in [1.54, 1.807) is 25.1 Å². The minimum atomic E-state index is -0.296. The van der Waals surface area contributed by atoms with Crippen molar-refractivity contribution >= 4 is 45.9 Å². The number of Topliss-reactive ketones (excluding diaryl/α,β-unsaturated/α-hetero) is 1. The van der Waals surface area contributed by atoms with E-state index in [0.717, 1.165) is 11.8 Å². The van der Waals surface area contributed by atoms with E-state index in [2.05, 4.69) is 5.16 Å². The number of halogens is 2. The Bertz CT molecular complexity index is 692. The average Bonchev–Trinajstić information content (AvgIpc) is 2.78. The maximum Gasteiger partial charge on any atom is 0.225 e. The zero-order valence-corrected chi connectivity index (χ0v) is 13.6. The second-order valence-corrected chi connectivity index (χ2v) is 6.10. The lowest BCUT2D eigenvalue weighted by Gasteiger charge is -2.05. The van der Waals surface area contributed by atoms with E-state index in [-0.39, 0.29) is 22.2 Å². The molecule has 1 aromatic carbocycles. The molecule has 0 bridgehead atoms.